The number of likely N-dealkylation sites (N-methyl/N-ethyl adjacent to an activating group) is 1. The molecule has 2 amide bonds. The molecule has 6 heteroatoms. The Morgan fingerprint density at radius 2 is 1.65 bits per heavy atom. The number of hydrogen-bond acceptors (Lipinski definition) is 4. The van der Waals surface area contributed by atoms with Gasteiger partial charge in [-0.2, -0.15) is 0 Å². The molecule has 0 unspecified atom stereocenters. The van der Waals surface area contributed by atoms with E-state index in [9.17, 15) is 9.59 Å². The summed E-state index contributed by atoms with van der Waals surface area (Å²) in [6.07, 6.45) is 2.28. The van der Waals surface area contributed by atoms with Gasteiger partial charge >= 0.3 is 0 Å². The molecule has 0 saturated carbocycles. The second-order valence-corrected chi connectivity index (χ2v) is 8.06. The maximum Gasteiger partial charge on any atom is 0.243 e. The van der Waals surface area contributed by atoms with Crippen LogP contribution < -0.4 is 5.32 Å². The van der Waals surface area contributed by atoms with Gasteiger partial charge in [-0.1, -0.05) is 47.5 Å². The molecule has 1 heterocycles. The molecule has 0 spiro atoms. The summed E-state index contributed by atoms with van der Waals surface area (Å²) in [6.45, 7) is 7.97. The van der Waals surface area contributed by atoms with Gasteiger partial charge in [0.15, 0.2) is 11.7 Å². The molecular weight excluding hydrogens is 390 g/mol. The normalized spacial score (nSPS) is 10.7. The number of hydrogen-bond donors (Lipinski definition) is 1. The van der Waals surface area contributed by atoms with Crippen LogP contribution in [0, 0.1) is 27.7 Å². The number of nitrogens with one attached hydrogen (secondary N) is 1. The summed E-state index contributed by atoms with van der Waals surface area (Å²) in [6, 6.07) is 12.0. The van der Waals surface area contributed by atoms with Crippen LogP contribution in [-0.2, 0) is 16.0 Å². The third-order valence-corrected chi connectivity index (χ3v) is 5.19. The number of aromatic nitrogens is 1. The molecule has 6 nitrogen and oxygen atoms in total. The first kappa shape index (κ1) is 22.3. The molecule has 0 bridgehead atoms. The number of amides is 2. The second-order valence-electron chi connectivity index (χ2n) is 8.06. The van der Waals surface area contributed by atoms with Crippen LogP contribution in [-0.4, -0.2) is 35.3 Å². The molecule has 0 aliphatic carbocycles. The van der Waals surface area contributed by atoms with E-state index in [0.29, 0.717) is 18.1 Å². The van der Waals surface area contributed by atoms with Crippen molar-refractivity contribution in [3.8, 4) is 11.3 Å². The van der Waals surface area contributed by atoms with Crippen molar-refractivity contribution in [2.24, 2.45) is 0 Å². The van der Waals surface area contributed by atoms with E-state index >= 15 is 0 Å². The zero-order valence-corrected chi connectivity index (χ0v) is 18.8. The average molecular weight is 420 g/mol. The lowest BCUT2D eigenvalue weighted by Crippen LogP contribution is -2.35. The van der Waals surface area contributed by atoms with E-state index in [1.54, 1.807) is 13.2 Å². The number of oxazole rings is 1. The fourth-order valence-corrected chi connectivity index (χ4v) is 3.54. The van der Waals surface area contributed by atoms with Crippen molar-refractivity contribution in [2.75, 3.05) is 18.9 Å². The third-order valence-electron chi connectivity index (χ3n) is 5.19. The monoisotopic (exact) mass is 419 g/mol. The van der Waals surface area contributed by atoms with Crippen LogP contribution in [0.3, 0.4) is 0 Å². The molecule has 0 saturated heterocycles. The van der Waals surface area contributed by atoms with Crippen LogP contribution in [0.25, 0.3) is 11.3 Å². The quantitative estimate of drug-likeness (QED) is 0.607. The molecule has 1 N–H and O–H groups in total. The Kier molecular flexibility index (Phi) is 6.90. The minimum atomic E-state index is -0.219. The van der Waals surface area contributed by atoms with Gasteiger partial charge in [0.05, 0.1) is 12.7 Å². The Morgan fingerprint density at radius 3 is 2.29 bits per heavy atom. The average Bonchev–Trinajstić information content (AvgIpc) is 3.18. The first-order valence-electron chi connectivity index (χ1n) is 10.4. The van der Waals surface area contributed by atoms with Gasteiger partial charge in [0, 0.05) is 31.1 Å². The van der Waals surface area contributed by atoms with E-state index in [1.807, 2.05) is 64.1 Å². The van der Waals surface area contributed by atoms with Crippen LogP contribution in [0.15, 0.2) is 47.0 Å². The first-order chi connectivity index (χ1) is 14.7. The summed E-state index contributed by atoms with van der Waals surface area (Å²) in [7, 11) is 1.63. The lowest BCUT2D eigenvalue weighted by atomic mass is 10.1. The minimum Gasteiger partial charge on any atom is -0.441 e. The SMILES string of the molecule is Cc1ccc(-c2cnc(CCC(=O)N(C)CC(=O)Nc3c(C)cc(C)cc3C)o2)cc1. The standard InChI is InChI=1S/C25H29N3O3/c1-16-6-8-20(9-7-16)21-14-26-23(31-21)10-11-24(30)28(5)15-22(29)27-25-18(3)12-17(2)13-19(25)4/h6-9,12-14H,10-11,15H2,1-5H3,(H,27,29). The molecule has 0 radical (unpaired) electrons. The molecule has 162 valence electrons. The van der Waals surface area contributed by atoms with Crippen LogP contribution in [0.5, 0.6) is 0 Å². The van der Waals surface area contributed by atoms with Gasteiger partial charge in [-0.05, 0) is 38.8 Å². The van der Waals surface area contributed by atoms with Crippen molar-refractivity contribution in [1.82, 2.24) is 9.88 Å². The third kappa shape index (κ3) is 5.81. The molecule has 3 aromatic rings. The van der Waals surface area contributed by atoms with Gasteiger partial charge in [0.2, 0.25) is 11.8 Å². The van der Waals surface area contributed by atoms with Crippen molar-refractivity contribution in [1.29, 1.82) is 0 Å². The van der Waals surface area contributed by atoms with Gasteiger partial charge in [0.25, 0.3) is 0 Å². The first-order valence-corrected chi connectivity index (χ1v) is 10.4. The number of anilines is 1. The zero-order chi connectivity index (χ0) is 22.5. The lowest BCUT2D eigenvalue weighted by molar-refractivity contribution is -0.133. The Hall–Kier alpha value is -3.41. The Morgan fingerprint density at radius 1 is 1.00 bits per heavy atom. The number of carbonyl (C=O) groups is 2. The molecule has 0 atom stereocenters. The van der Waals surface area contributed by atoms with Gasteiger partial charge in [-0.25, -0.2) is 4.98 Å². The van der Waals surface area contributed by atoms with Crippen molar-refractivity contribution in [3.63, 3.8) is 0 Å². The van der Waals surface area contributed by atoms with Crippen molar-refractivity contribution in [3.05, 3.63) is 70.7 Å². The fourth-order valence-electron chi connectivity index (χ4n) is 3.54. The zero-order valence-electron chi connectivity index (χ0n) is 18.8. The highest BCUT2D eigenvalue weighted by molar-refractivity contribution is 5.95. The minimum absolute atomic E-state index is 0.00815. The number of rotatable bonds is 7. The molecule has 0 aliphatic heterocycles. The van der Waals surface area contributed by atoms with E-state index in [1.165, 1.54) is 10.5 Å². The van der Waals surface area contributed by atoms with E-state index in [-0.39, 0.29) is 24.8 Å². The maximum absolute atomic E-state index is 12.5. The maximum atomic E-state index is 12.5. The highest BCUT2D eigenvalue weighted by atomic mass is 16.4. The van der Waals surface area contributed by atoms with Gasteiger partial charge < -0.3 is 14.6 Å². The van der Waals surface area contributed by atoms with E-state index in [0.717, 1.165) is 27.9 Å². The number of aryl methyl sites for hydroxylation is 5. The van der Waals surface area contributed by atoms with Gasteiger partial charge in [-0.3, -0.25) is 9.59 Å². The summed E-state index contributed by atoms with van der Waals surface area (Å²) in [5.74, 6) is 0.831. The molecule has 1 aromatic heterocycles. The molecular formula is C25H29N3O3. The van der Waals surface area contributed by atoms with Crippen LogP contribution in [0.1, 0.15) is 34.6 Å². The second kappa shape index (κ2) is 9.60. The molecule has 3 rings (SSSR count). The van der Waals surface area contributed by atoms with Crippen LogP contribution in [0.4, 0.5) is 5.69 Å². The fraction of sp³-hybridized carbons (Fsp3) is 0.320. The van der Waals surface area contributed by atoms with Gasteiger partial charge in [-0.15, -0.1) is 0 Å². The number of benzene rings is 2. The van der Waals surface area contributed by atoms with E-state index in [2.05, 4.69) is 10.3 Å². The van der Waals surface area contributed by atoms with Gasteiger partial charge in [0.1, 0.15) is 0 Å². The molecule has 0 fully saturated rings. The summed E-state index contributed by atoms with van der Waals surface area (Å²) in [5.41, 5.74) is 6.10. The summed E-state index contributed by atoms with van der Waals surface area (Å²) < 4.78 is 5.77. The predicted molar refractivity (Wildman–Crippen MR) is 122 cm³/mol. The Bertz CT molecular complexity index is 1060. The van der Waals surface area contributed by atoms with Crippen LogP contribution in [0.2, 0.25) is 0 Å². The molecule has 2 aromatic carbocycles. The van der Waals surface area contributed by atoms with Crippen molar-refractivity contribution >= 4 is 17.5 Å². The van der Waals surface area contributed by atoms with Crippen molar-refractivity contribution in [2.45, 2.75) is 40.5 Å². The Balaban J connectivity index is 1.52. The largest absolute Gasteiger partial charge is 0.441 e. The molecule has 31 heavy (non-hydrogen) atoms. The van der Waals surface area contributed by atoms with Crippen molar-refractivity contribution < 1.29 is 14.0 Å². The number of nitrogens with zero attached hydrogens (tertiary/aromatic N) is 2. The smallest absolute Gasteiger partial charge is 0.243 e. The lowest BCUT2D eigenvalue weighted by Gasteiger charge is -2.18. The van der Waals surface area contributed by atoms with E-state index in [4.69, 9.17) is 4.42 Å². The summed E-state index contributed by atoms with van der Waals surface area (Å²) >= 11 is 0. The molecule has 0 aliphatic rings. The summed E-state index contributed by atoms with van der Waals surface area (Å²) in [4.78, 5) is 30.6. The van der Waals surface area contributed by atoms with Crippen LogP contribution >= 0.6 is 0 Å². The summed E-state index contributed by atoms with van der Waals surface area (Å²) in [5, 5.41) is 2.93. The highest BCUT2D eigenvalue weighted by Crippen LogP contribution is 2.22. The topological polar surface area (TPSA) is 75.4 Å². The predicted octanol–water partition coefficient (Wildman–Crippen LogP) is 4.60. The van der Waals surface area contributed by atoms with E-state index < -0.39 is 0 Å². The highest BCUT2D eigenvalue weighted by Gasteiger charge is 2.16. The Labute approximate surface area is 183 Å². The number of carbonyl (C=O) groups excluding carboxylic acids is 2.